The Morgan fingerprint density at radius 1 is 1.27 bits per heavy atom. The number of hydrogen-bond acceptors (Lipinski definition) is 2. The van der Waals surface area contributed by atoms with Gasteiger partial charge >= 0.3 is 6.03 Å². The third kappa shape index (κ3) is 2.49. The molecular weight excluding hydrogens is 237 g/mol. The summed E-state index contributed by atoms with van der Waals surface area (Å²) in [6, 6.07) is 0.0909. The molecule has 0 aromatic heterocycles. The van der Waals surface area contributed by atoms with E-state index in [0.29, 0.717) is 0 Å². The van der Waals surface area contributed by atoms with Gasteiger partial charge in [0.1, 0.15) is 0 Å². The fourth-order valence-corrected chi connectivity index (χ4v) is 2.40. The van der Waals surface area contributed by atoms with Gasteiger partial charge in [0.2, 0.25) is 0 Å². The molecule has 0 aromatic rings. The van der Waals surface area contributed by atoms with Gasteiger partial charge in [-0.3, -0.25) is 0 Å². The number of hydrogen-bond donors (Lipinski definition) is 2. The highest BCUT2D eigenvalue weighted by Gasteiger charge is 2.47. The topological polar surface area (TPSA) is 44.4 Å². The average Bonchev–Trinajstić information content (AvgIpc) is 2.17. The molecule has 2 fully saturated rings. The average molecular weight is 256 g/mol. The summed E-state index contributed by atoms with van der Waals surface area (Å²) in [4.78, 5) is 13.5. The number of rotatable bonds is 0. The zero-order chi connectivity index (χ0) is 9.31. The highest BCUT2D eigenvalue weighted by molar-refractivity contribution is 5.85. The quantitative estimate of drug-likeness (QED) is 0.679. The third-order valence-electron chi connectivity index (χ3n) is 3.37. The van der Waals surface area contributed by atoms with Crippen molar-refractivity contribution in [2.24, 2.45) is 0 Å². The second kappa shape index (κ2) is 5.77. The molecule has 2 aliphatic heterocycles. The largest absolute Gasteiger partial charge is 0.341 e. The minimum Gasteiger partial charge on any atom is -0.341 e. The SMILES string of the molecule is CNC(=O)N1CCC12CCNCC2.Cl.Cl. The molecule has 0 bridgehead atoms. The molecule has 15 heavy (non-hydrogen) atoms. The summed E-state index contributed by atoms with van der Waals surface area (Å²) in [7, 11) is 1.70. The maximum atomic E-state index is 11.5. The Kier molecular flexibility index (Phi) is 5.70. The fourth-order valence-electron chi connectivity index (χ4n) is 2.40. The number of nitrogens with zero attached hydrogens (tertiary/aromatic N) is 1. The first-order valence-electron chi connectivity index (χ1n) is 4.99. The van der Waals surface area contributed by atoms with Crippen molar-refractivity contribution in [1.82, 2.24) is 15.5 Å². The Hall–Kier alpha value is -0.190. The van der Waals surface area contributed by atoms with Crippen LogP contribution in [0.4, 0.5) is 4.79 Å². The van der Waals surface area contributed by atoms with Crippen LogP contribution in [0.2, 0.25) is 0 Å². The third-order valence-corrected chi connectivity index (χ3v) is 3.37. The highest BCUT2D eigenvalue weighted by atomic mass is 35.5. The molecule has 2 amide bonds. The van der Waals surface area contributed by atoms with E-state index in [0.717, 1.165) is 32.5 Å². The number of likely N-dealkylation sites (tertiary alicyclic amines) is 1. The minimum atomic E-state index is 0. The molecule has 90 valence electrons. The van der Waals surface area contributed by atoms with E-state index in [1.807, 2.05) is 4.90 Å². The molecule has 2 N–H and O–H groups in total. The predicted molar refractivity (Wildman–Crippen MR) is 65.1 cm³/mol. The van der Waals surface area contributed by atoms with Crippen molar-refractivity contribution in [2.75, 3.05) is 26.7 Å². The van der Waals surface area contributed by atoms with Crippen LogP contribution in [0.3, 0.4) is 0 Å². The van der Waals surface area contributed by atoms with Crippen molar-refractivity contribution in [3.05, 3.63) is 0 Å². The molecular formula is C9H19Cl2N3O. The fraction of sp³-hybridized carbons (Fsp3) is 0.889. The van der Waals surface area contributed by atoms with E-state index >= 15 is 0 Å². The number of carbonyl (C=O) groups is 1. The first-order valence-corrected chi connectivity index (χ1v) is 4.99. The van der Waals surface area contributed by atoms with Gasteiger partial charge in [0.25, 0.3) is 0 Å². The molecule has 0 saturated carbocycles. The second-order valence-electron chi connectivity index (χ2n) is 3.93. The lowest BCUT2D eigenvalue weighted by molar-refractivity contribution is 0.000770. The summed E-state index contributed by atoms with van der Waals surface area (Å²) in [5.74, 6) is 0. The van der Waals surface area contributed by atoms with Crippen molar-refractivity contribution >= 4 is 30.8 Å². The van der Waals surface area contributed by atoms with E-state index in [9.17, 15) is 4.79 Å². The predicted octanol–water partition coefficient (Wildman–Crippen LogP) is 0.997. The van der Waals surface area contributed by atoms with Gasteiger partial charge in [0, 0.05) is 19.1 Å². The molecule has 2 aliphatic rings. The monoisotopic (exact) mass is 255 g/mol. The van der Waals surface area contributed by atoms with Gasteiger partial charge in [-0.2, -0.15) is 0 Å². The summed E-state index contributed by atoms with van der Waals surface area (Å²) < 4.78 is 0. The number of piperidine rings is 1. The molecule has 0 radical (unpaired) electrons. The molecule has 2 saturated heterocycles. The lowest BCUT2D eigenvalue weighted by Crippen LogP contribution is -2.66. The summed E-state index contributed by atoms with van der Waals surface area (Å²) in [5, 5.41) is 6.03. The number of urea groups is 1. The minimum absolute atomic E-state index is 0. The smallest absolute Gasteiger partial charge is 0.317 e. The summed E-state index contributed by atoms with van der Waals surface area (Å²) in [5.41, 5.74) is 0.200. The maximum Gasteiger partial charge on any atom is 0.317 e. The van der Waals surface area contributed by atoms with E-state index in [4.69, 9.17) is 0 Å². The Morgan fingerprint density at radius 2 is 1.87 bits per heavy atom. The van der Waals surface area contributed by atoms with Crippen LogP contribution in [0, 0.1) is 0 Å². The maximum absolute atomic E-state index is 11.5. The highest BCUT2D eigenvalue weighted by Crippen LogP contribution is 2.37. The van der Waals surface area contributed by atoms with E-state index in [2.05, 4.69) is 10.6 Å². The van der Waals surface area contributed by atoms with Gasteiger partial charge in [-0.05, 0) is 32.4 Å². The van der Waals surface area contributed by atoms with Crippen molar-refractivity contribution in [3.63, 3.8) is 0 Å². The van der Waals surface area contributed by atoms with Crippen LogP contribution in [-0.2, 0) is 0 Å². The summed E-state index contributed by atoms with van der Waals surface area (Å²) in [6.45, 7) is 3.03. The Balaban J connectivity index is 0.000000980. The number of halogens is 2. The Bertz CT molecular complexity index is 219. The second-order valence-corrected chi connectivity index (χ2v) is 3.93. The number of nitrogens with one attached hydrogen (secondary N) is 2. The zero-order valence-electron chi connectivity index (χ0n) is 8.91. The summed E-state index contributed by atoms with van der Waals surface area (Å²) >= 11 is 0. The Labute approximate surface area is 103 Å². The molecule has 0 aromatic carbocycles. The van der Waals surface area contributed by atoms with Crippen molar-refractivity contribution in [2.45, 2.75) is 24.8 Å². The zero-order valence-corrected chi connectivity index (χ0v) is 10.5. The standard InChI is InChI=1S/C9H17N3O.2ClH/c1-10-8(13)12-7-4-9(12)2-5-11-6-3-9;;/h11H,2-7H2,1H3,(H,10,13);2*1H. The molecule has 1 spiro atoms. The van der Waals surface area contributed by atoms with Gasteiger partial charge in [-0.15, -0.1) is 24.8 Å². The van der Waals surface area contributed by atoms with Gasteiger partial charge in [-0.1, -0.05) is 0 Å². The van der Waals surface area contributed by atoms with Crippen molar-refractivity contribution in [1.29, 1.82) is 0 Å². The van der Waals surface area contributed by atoms with E-state index in [1.54, 1.807) is 7.05 Å². The van der Waals surface area contributed by atoms with Crippen molar-refractivity contribution < 1.29 is 4.79 Å². The van der Waals surface area contributed by atoms with Crippen LogP contribution in [0.25, 0.3) is 0 Å². The van der Waals surface area contributed by atoms with Crippen LogP contribution < -0.4 is 10.6 Å². The van der Waals surface area contributed by atoms with E-state index in [-0.39, 0.29) is 36.4 Å². The lowest BCUT2D eigenvalue weighted by Gasteiger charge is -2.54. The lowest BCUT2D eigenvalue weighted by atomic mass is 9.77. The van der Waals surface area contributed by atoms with E-state index in [1.165, 1.54) is 6.42 Å². The number of amides is 2. The normalized spacial score (nSPS) is 22.1. The molecule has 4 nitrogen and oxygen atoms in total. The van der Waals surface area contributed by atoms with Crippen LogP contribution in [0.5, 0.6) is 0 Å². The van der Waals surface area contributed by atoms with Crippen molar-refractivity contribution in [3.8, 4) is 0 Å². The van der Waals surface area contributed by atoms with Crippen LogP contribution in [-0.4, -0.2) is 43.2 Å². The van der Waals surface area contributed by atoms with Gasteiger partial charge in [0.05, 0.1) is 0 Å². The number of carbonyl (C=O) groups excluding carboxylic acids is 1. The van der Waals surface area contributed by atoms with Crippen LogP contribution >= 0.6 is 24.8 Å². The van der Waals surface area contributed by atoms with Gasteiger partial charge in [0.15, 0.2) is 0 Å². The van der Waals surface area contributed by atoms with Gasteiger partial charge in [-0.25, -0.2) is 4.79 Å². The van der Waals surface area contributed by atoms with Gasteiger partial charge < -0.3 is 15.5 Å². The molecule has 2 heterocycles. The first kappa shape index (κ1) is 14.8. The first-order chi connectivity index (χ1) is 6.28. The molecule has 0 aliphatic carbocycles. The van der Waals surface area contributed by atoms with Crippen LogP contribution in [0.1, 0.15) is 19.3 Å². The van der Waals surface area contributed by atoms with Crippen LogP contribution in [0.15, 0.2) is 0 Å². The summed E-state index contributed by atoms with van der Waals surface area (Å²) in [6.07, 6.45) is 3.41. The molecule has 0 unspecified atom stereocenters. The molecule has 0 atom stereocenters. The Morgan fingerprint density at radius 3 is 2.27 bits per heavy atom. The molecule has 2 rings (SSSR count). The molecule has 6 heteroatoms. The van der Waals surface area contributed by atoms with E-state index < -0.39 is 0 Å².